The van der Waals surface area contributed by atoms with Crippen LogP contribution in [-0.2, 0) is 9.47 Å². The molecule has 0 aliphatic rings. The summed E-state index contributed by atoms with van der Waals surface area (Å²) in [4.78, 5) is 0. The highest BCUT2D eigenvalue weighted by Crippen LogP contribution is 2.25. The van der Waals surface area contributed by atoms with Crippen LogP contribution in [0.1, 0.15) is 27.2 Å². The van der Waals surface area contributed by atoms with Crippen molar-refractivity contribution < 1.29 is 22.6 Å². The lowest BCUT2D eigenvalue weighted by Gasteiger charge is -2.27. The van der Waals surface area contributed by atoms with Gasteiger partial charge in [-0.25, -0.2) is 0 Å². The van der Waals surface area contributed by atoms with Crippen LogP contribution in [0, 0.1) is 0 Å². The zero-order chi connectivity index (χ0) is 13.0. The molecule has 98 valence electrons. The molecule has 2 unspecified atom stereocenters. The lowest BCUT2D eigenvalue weighted by Crippen LogP contribution is -2.45. The fraction of sp³-hybridized carbons (Fsp3) is 1.00. The normalized spacial score (nSPS) is 17.2. The van der Waals surface area contributed by atoms with Crippen molar-refractivity contribution in [1.29, 1.82) is 0 Å². The maximum atomic E-state index is 12.4. The van der Waals surface area contributed by atoms with Crippen molar-refractivity contribution in [3.63, 3.8) is 0 Å². The van der Waals surface area contributed by atoms with Gasteiger partial charge in [-0.05, 0) is 27.2 Å². The van der Waals surface area contributed by atoms with Crippen molar-refractivity contribution in [1.82, 2.24) is 0 Å². The molecule has 3 nitrogen and oxygen atoms in total. The van der Waals surface area contributed by atoms with Gasteiger partial charge in [0.25, 0.3) is 0 Å². The van der Waals surface area contributed by atoms with Gasteiger partial charge in [0.15, 0.2) is 6.10 Å². The number of alkyl halides is 3. The number of nitrogens with two attached hydrogens (primary N) is 1. The van der Waals surface area contributed by atoms with Crippen LogP contribution in [0.2, 0.25) is 0 Å². The minimum absolute atomic E-state index is 0.0352. The average molecular weight is 243 g/mol. The molecule has 0 aromatic heterocycles. The fourth-order valence-electron chi connectivity index (χ4n) is 1.08. The summed E-state index contributed by atoms with van der Waals surface area (Å²) >= 11 is 0. The van der Waals surface area contributed by atoms with Gasteiger partial charge in [0.1, 0.15) is 0 Å². The van der Waals surface area contributed by atoms with Crippen molar-refractivity contribution in [3.8, 4) is 0 Å². The zero-order valence-corrected chi connectivity index (χ0v) is 10.1. The second-order valence-corrected chi connectivity index (χ2v) is 4.41. The molecule has 0 heterocycles. The number of hydrogen-bond acceptors (Lipinski definition) is 3. The predicted molar refractivity (Wildman–Crippen MR) is 55.1 cm³/mol. The fourth-order valence-corrected chi connectivity index (χ4v) is 1.08. The zero-order valence-electron chi connectivity index (χ0n) is 10.1. The van der Waals surface area contributed by atoms with Gasteiger partial charge in [-0.2, -0.15) is 13.2 Å². The third kappa shape index (κ3) is 5.67. The standard InChI is InChI=1S/C10H20F3NO2/c1-7(14)8(10(11,12)13)16-6-5-9(2,3)15-4/h7-8H,5-6,14H2,1-4H3. The first kappa shape index (κ1) is 15.7. The Labute approximate surface area is 94.1 Å². The second kappa shape index (κ2) is 5.84. The average Bonchev–Trinajstić information content (AvgIpc) is 2.09. The van der Waals surface area contributed by atoms with Crippen LogP contribution in [-0.4, -0.2) is 37.6 Å². The van der Waals surface area contributed by atoms with Crippen LogP contribution >= 0.6 is 0 Å². The monoisotopic (exact) mass is 243 g/mol. The molecular formula is C10H20F3NO2. The van der Waals surface area contributed by atoms with Crippen LogP contribution < -0.4 is 5.73 Å². The molecular weight excluding hydrogens is 223 g/mol. The highest BCUT2D eigenvalue weighted by atomic mass is 19.4. The molecule has 0 amide bonds. The van der Waals surface area contributed by atoms with E-state index in [1.54, 1.807) is 13.8 Å². The maximum Gasteiger partial charge on any atom is 0.416 e. The lowest BCUT2D eigenvalue weighted by molar-refractivity contribution is -0.227. The number of halogens is 3. The van der Waals surface area contributed by atoms with E-state index in [1.165, 1.54) is 14.0 Å². The van der Waals surface area contributed by atoms with E-state index in [2.05, 4.69) is 0 Å². The van der Waals surface area contributed by atoms with Crippen molar-refractivity contribution >= 4 is 0 Å². The third-order valence-corrected chi connectivity index (χ3v) is 2.35. The van der Waals surface area contributed by atoms with Crippen LogP contribution in [0.15, 0.2) is 0 Å². The Kier molecular flexibility index (Phi) is 5.72. The topological polar surface area (TPSA) is 44.5 Å². The number of ether oxygens (including phenoxy) is 2. The molecule has 2 atom stereocenters. The summed E-state index contributed by atoms with van der Waals surface area (Å²) in [5.41, 5.74) is 4.74. The van der Waals surface area contributed by atoms with E-state index in [0.29, 0.717) is 6.42 Å². The van der Waals surface area contributed by atoms with E-state index in [0.717, 1.165) is 0 Å². The van der Waals surface area contributed by atoms with Gasteiger partial charge in [0, 0.05) is 13.2 Å². The SMILES string of the molecule is COC(C)(C)CCOC(C(C)N)C(F)(F)F. The molecule has 0 spiro atoms. The molecule has 0 rings (SSSR count). The Hall–Kier alpha value is -0.330. The minimum atomic E-state index is -4.43. The molecule has 0 fully saturated rings. The second-order valence-electron chi connectivity index (χ2n) is 4.41. The summed E-state index contributed by atoms with van der Waals surface area (Å²) in [6.07, 6.45) is -5.96. The van der Waals surface area contributed by atoms with Crippen LogP contribution in [0.4, 0.5) is 13.2 Å². The van der Waals surface area contributed by atoms with Crippen molar-refractivity contribution in [3.05, 3.63) is 0 Å². The first-order valence-electron chi connectivity index (χ1n) is 5.09. The summed E-state index contributed by atoms with van der Waals surface area (Å²) in [5.74, 6) is 0. The summed E-state index contributed by atoms with van der Waals surface area (Å²) < 4.78 is 47.2. The molecule has 0 saturated carbocycles. The summed E-state index contributed by atoms with van der Waals surface area (Å²) in [7, 11) is 1.51. The first-order valence-corrected chi connectivity index (χ1v) is 5.09. The molecule has 0 aliphatic heterocycles. The van der Waals surface area contributed by atoms with Gasteiger partial charge >= 0.3 is 6.18 Å². The van der Waals surface area contributed by atoms with E-state index < -0.39 is 23.9 Å². The predicted octanol–water partition coefficient (Wildman–Crippen LogP) is 2.10. The number of hydrogen-bond donors (Lipinski definition) is 1. The van der Waals surface area contributed by atoms with Gasteiger partial charge in [-0.3, -0.25) is 0 Å². The highest BCUT2D eigenvalue weighted by molar-refractivity contribution is 4.77. The van der Waals surface area contributed by atoms with Gasteiger partial charge in [0.2, 0.25) is 0 Å². The number of methoxy groups -OCH3 is 1. The maximum absolute atomic E-state index is 12.4. The van der Waals surface area contributed by atoms with Crippen molar-refractivity contribution in [2.24, 2.45) is 5.73 Å². The van der Waals surface area contributed by atoms with Gasteiger partial charge in [-0.1, -0.05) is 0 Å². The Balaban J connectivity index is 4.16. The summed E-state index contributed by atoms with van der Waals surface area (Å²) in [6, 6.07) is -1.08. The molecule has 0 aromatic rings. The Bertz CT molecular complexity index is 205. The molecule has 0 aromatic carbocycles. The molecule has 2 N–H and O–H groups in total. The number of rotatable bonds is 6. The van der Waals surface area contributed by atoms with E-state index in [1.807, 2.05) is 0 Å². The third-order valence-electron chi connectivity index (χ3n) is 2.35. The molecule has 0 saturated heterocycles. The minimum Gasteiger partial charge on any atom is -0.379 e. The Morgan fingerprint density at radius 1 is 1.25 bits per heavy atom. The van der Waals surface area contributed by atoms with E-state index in [4.69, 9.17) is 15.2 Å². The molecule has 0 bridgehead atoms. The molecule has 16 heavy (non-hydrogen) atoms. The quantitative estimate of drug-likeness (QED) is 0.777. The van der Waals surface area contributed by atoms with Crippen molar-refractivity contribution in [2.75, 3.05) is 13.7 Å². The van der Waals surface area contributed by atoms with Crippen molar-refractivity contribution in [2.45, 2.75) is 51.1 Å². The van der Waals surface area contributed by atoms with Crippen LogP contribution in [0.25, 0.3) is 0 Å². The van der Waals surface area contributed by atoms with E-state index in [-0.39, 0.29) is 6.61 Å². The largest absolute Gasteiger partial charge is 0.416 e. The van der Waals surface area contributed by atoms with Gasteiger partial charge < -0.3 is 15.2 Å². The van der Waals surface area contributed by atoms with Gasteiger partial charge in [0.05, 0.1) is 12.2 Å². The smallest absolute Gasteiger partial charge is 0.379 e. The van der Waals surface area contributed by atoms with Crippen LogP contribution in [0.5, 0.6) is 0 Å². The lowest BCUT2D eigenvalue weighted by atomic mass is 10.1. The van der Waals surface area contributed by atoms with E-state index in [9.17, 15) is 13.2 Å². The summed E-state index contributed by atoms with van der Waals surface area (Å²) in [6.45, 7) is 4.81. The molecule has 0 aliphatic carbocycles. The Morgan fingerprint density at radius 3 is 2.06 bits per heavy atom. The Morgan fingerprint density at radius 2 is 1.75 bits per heavy atom. The van der Waals surface area contributed by atoms with E-state index >= 15 is 0 Å². The first-order chi connectivity index (χ1) is 7.10. The summed E-state index contributed by atoms with van der Waals surface area (Å²) in [5, 5.41) is 0. The molecule has 0 radical (unpaired) electrons. The molecule has 6 heteroatoms. The van der Waals surface area contributed by atoms with Gasteiger partial charge in [-0.15, -0.1) is 0 Å². The highest BCUT2D eigenvalue weighted by Gasteiger charge is 2.43. The van der Waals surface area contributed by atoms with Crippen LogP contribution in [0.3, 0.4) is 0 Å².